The van der Waals surface area contributed by atoms with Crippen LogP contribution >= 0.6 is 11.3 Å². The van der Waals surface area contributed by atoms with Gasteiger partial charge in [0.05, 0.1) is 31.5 Å². The molecule has 3 N–H and O–H groups in total. The van der Waals surface area contributed by atoms with Crippen LogP contribution in [0.25, 0.3) is 0 Å². The van der Waals surface area contributed by atoms with E-state index < -0.39 is 0 Å². The Morgan fingerprint density at radius 2 is 1.82 bits per heavy atom. The number of amides is 3. The Balaban J connectivity index is 1.41. The number of carbonyl (C=O) groups excluding carboxylic acids is 3. The maximum absolute atomic E-state index is 12.1. The Bertz CT molecular complexity index is 938. The van der Waals surface area contributed by atoms with E-state index in [1.165, 1.54) is 17.6 Å². The second-order valence-corrected chi connectivity index (χ2v) is 6.63. The Hall–Kier alpha value is -3.46. The summed E-state index contributed by atoms with van der Waals surface area (Å²) >= 11 is 1.23. The van der Waals surface area contributed by atoms with Crippen LogP contribution in [0.5, 0.6) is 0 Å². The summed E-state index contributed by atoms with van der Waals surface area (Å²) in [5, 5.41) is 9.97. The highest BCUT2D eigenvalue weighted by molar-refractivity contribution is 7.14. The minimum Gasteiger partial charge on any atom is -0.467 e. The molecule has 8 nitrogen and oxygen atoms in total. The van der Waals surface area contributed by atoms with Crippen molar-refractivity contribution in [2.45, 2.75) is 13.0 Å². The number of nitrogens with zero attached hydrogens (tertiary/aromatic N) is 1. The van der Waals surface area contributed by atoms with Gasteiger partial charge in [-0.2, -0.15) is 0 Å². The minimum absolute atomic E-state index is 0.0170. The Morgan fingerprint density at radius 3 is 2.57 bits per heavy atom. The van der Waals surface area contributed by atoms with Gasteiger partial charge < -0.3 is 15.1 Å². The summed E-state index contributed by atoms with van der Waals surface area (Å²) < 4.78 is 5.11. The van der Waals surface area contributed by atoms with Gasteiger partial charge in [0.2, 0.25) is 11.8 Å². The summed E-state index contributed by atoms with van der Waals surface area (Å²) in [5.74, 6) is -0.287. The van der Waals surface area contributed by atoms with Crippen LogP contribution in [0.2, 0.25) is 0 Å². The van der Waals surface area contributed by atoms with E-state index in [9.17, 15) is 14.4 Å². The largest absolute Gasteiger partial charge is 0.467 e. The number of thiazole rings is 1. The molecule has 28 heavy (non-hydrogen) atoms. The number of hydrogen-bond acceptors (Lipinski definition) is 6. The van der Waals surface area contributed by atoms with Crippen molar-refractivity contribution in [1.82, 2.24) is 15.6 Å². The molecule has 144 valence electrons. The van der Waals surface area contributed by atoms with Gasteiger partial charge in [0, 0.05) is 10.9 Å². The molecule has 0 aliphatic carbocycles. The van der Waals surface area contributed by atoms with E-state index in [4.69, 9.17) is 4.42 Å². The maximum Gasteiger partial charge on any atom is 0.257 e. The van der Waals surface area contributed by atoms with E-state index in [0.717, 1.165) is 0 Å². The number of nitrogens with one attached hydrogen (secondary N) is 3. The molecule has 3 amide bonds. The predicted molar refractivity (Wildman–Crippen MR) is 104 cm³/mol. The van der Waals surface area contributed by atoms with Crippen LogP contribution in [-0.2, 0) is 22.6 Å². The highest BCUT2D eigenvalue weighted by atomic mass is 32.1. The highest BCUT2D eigenvalue weighted by Crippen LogP contribution is 2.17. The first kappa shape index (κ1) is 19.3. The van der Waals surface area contributed by atoms with Crippen molar-refractivity contribution in [3.05, 3.63) is 71.1 Å². The van der Waals surface area contributed by atoms with Crippen molar-refractivity contribution >= 4 is 34.2 Å². The third-order valence-electron chi connectivity index (χ3n) is 3.64. The molecular formula is C19H18N4O4S. The molecule has 0 spiro atoms. The van der Waals surface area contributed by atoms with Gasteiger partial charge in [-0.25, -0.2) is 4.98 Å². The lowest BCUT2D eigenvalue weighted by Gasteiger charge is -2.05. The molecule has 3 aromatic rings. The van der Waals surface area contributed by atoms with Gasteiger partial charge in [-0.1, -0.05) is 18.2 Å². The molecule has 0 fully saturated rings. The molecule has 1 aromatic carbocycles. The molecule has 0 unspecified atom stereocenters. The number of benzene rings is 1. The molecule has 0 atom stereocenters. The zero-order valence-corrected chi connectivity index (χ0v) is 15.6. The fourth-order valence-corrected chi connectivity index (χ4v) is 2.98. The molecular weight excluding hydrogens is 380 g/mol. The third-order valence-corrected chi connectivity index (χ3v) is 4.44. The zero-order chi connectivity index (χ0) is 19.8. The molecule has 2 heterocycles. The van der Waals surface area contributed by atoms with E-state index in [1.807, 2.05) is 6.07 Å². The van der Waals surface area contributed by atoms with Gasteiger partial charge in [-0.15, -0.1) is 11.3 Å². The second-order valence-electron chi connectivity index (χ2n) is 5.77. The van der Waals surface area contributed by atoms with Crippen LogP contribution in [0.15, 0.2) is 58.5 Å². The van der Waals surface area contributed by atoms with Crippen molar-refractivity contribution in [3.8, 4) is 0 Å². The smallest absolute Gasteiger partial charge is 0.257 e. The maximum atomic E-state index is 12.1. The lowest BCUT2D eigenvalue weighted by Crippen LogP contribution is -2.37. The third kappa shape index (κ3) is 5.78. The monoisotopic (exact) mass is 398 g/mol. The molecule has 9 heteroatoms. The number of carbonyl (C=O) groups is 3. The molecule has 0 saturated carbocycles. The summed E-state index contributed by atoms with van der Waals surface area (Å²) in [6.07, 6.45) is 1.54. The summed E-state index contributed by atoms with van der Waals surface area (Å²) in [6.45, 7) is 0.125. The average molecular weight is 398 g/mol. The van der Waals surface area contributed by atoms with Gasteiger partial charge in [-0.3, -0.25) is 19.7 Å². The van der Waals surface area contributed by atoms with Crippen LogP contribution in [0.1, 0.15) is 21.8 Å². The first-order chi connectivity index (χ1) is 13.6. The Morgan fingerprint density at radius 1 is 1.00 bits per heavy atom. The van der Waals surface area contributed by atoms with Gasteiger partial charge in [0.25, 0.3) is 5.91 Å². The number of anilines is 1. The number of aromatic nitrogens is 1. The van der Waals surface area contributed by atoms with E-state index in [1.54, 1.807) is 41.8 Å². The van der Waals surface area contributed by atoms with Crippen LogP contribution < -0.4 is 16.0 Å². The van der Waals surface area contributed by atoms with E-state index in [2.05, 4.69) is 20.9 Å². The van der Waals surface area contributed by atoms with Crippen molar-refractivity contribution in [1.29, 1.82) is 0 Å². The molecule has 0 aliphatic heterocycles. The molecule has 3 rings (SSSR count). The summed E-state index contributed by atoms with van der Waals surface area (Å²) in [5.41, 5.74) is 1.04. The second kappa shape index (κ2) is 9.47. The molecule has 0 aliphatic rings. The molecule has 0 saturated heterocycles. The predicted octanol–water partition coefficient (Wildman–Crippen LogP) is 1.96. The van der Waals surface area contributed by atoms with Crippen molar-refractivity contribution in [2.24, 2.45) is 0 Å². The summed E-state index contributed by atoms with van der Waals surface area (Å²) in [6, 6.07) is 12.3. The quantitative estimate of drug-likeness (QED) is 0.537. The SMILES string of the molecule is O=C(CNC(=O)Cc1csc(NC(=O)c2ccccc2)n1)NCc1ccco1. The molecule has 2 aromatic heterocycles. The van der Waals surface area contributed by atoms with Gasteiger partial charge in [0.1, 0.15) is 5.76 Å². The Kier molecular flexibility index (Phi) is 6.53. The topological polar surface area (TPSA) is 113 Å². The zero-order valence-electron chi connectivity index (χ0n) is 14.8. The van der Waals surface area contributed by atoms with Crippen LogP contribution in [0.4, 0.5) is 5.13 Å². The van der Waals surface area contributed by atoms with Crippen LogP contribution in [0, 0.1) is 0 Å². The first-order valence-corrected chi connectivity index (χ1v) is 9.34. The summed E-state index contributed by atoms with van der Waals surface area (Å²) in [7, 11) is 0. The Labute approximate surface area is 165 Å². The minimum atomic E-state index is -0.334. The van der Waals surface area contributed by atoms with Crippen LogP contribution in [-0.4, -0.2) is 29.3 Å². The van der Waals surface area contributed by atoms with Gasteiger partial charge in [0.15, 0.2) is 5.13 Å². The van der Waals surface area contributed by atoms with Gasteiger partial charge >= 0.3 is 0 Å². The lowest BCUT2D eigenvalue weighted by molar-refractivity contribution is -0.125. The molecule has 0 radical (unpaired) electrons. The van der Waals surface area contributed by atoms with E-state index in [-0.39, 0.29) is 37.2 Å². The van der Waals surface area contributed by atoms with E-state index >= 15 is 0 Å². The fraction of sp³-hybridized carbons (Fsp3) is 0.158. The highest BCUT2D eigenvalue weighted by Gasteiger charge is 2.12. The molecule has 0 bridgehead atoms. The normalized spacial score (nSPS) is 10.3. The lowest BCUT2D eigenvalue weighted by atomic mass is 10.2. The van der Waals surface area contributed by atoms with E-state index in [0.29, 0.717) is 22.1 Å². The van der Waals surface area contributed by atoms with Crippen molar-refractivity contribution in [2.75, 3.05) is 11.9 Å². The standard InChI is InChI=1S/C19H18N4O4S/c24-16(21-11-17(25)20-10-15-7-4-8-27-15)9-14-12-28-19(22-14)23-18(26)13-5-2-1-3-6-13/h1-8,12H,9-11H2,(H,20,25)(H,21,24)(H,22,23,26). The van der Waals surface area contributed by atoms with Crippen LogP contribution in [0.3, 0.4) is 0 Å². The van der Waals surface area contributed by atoms with Gasteiger partial charge in [-0.05, 0) is 24.3 Å². The number of hydrogen-bond donors (Lipinski definition) is 3. The van der Waals surface area contributed by atoms with Crippen molar-refractivity contribution < 1.29 is 18.8 Å². The fourth-order valence-electron chi connectivity index (χ4n) is 2.27. The van der Waals surface area contributed by atoms with Crippen molar-refractivity contribution in [3.63, 3.8) is 0 Å². The average Bonchev–Trinajstić information content (AvgIpc) is 3.37. The summed E-state index contributed by atoms with van der Waals surface area (Å²) in [4.78, 5) is 40.0. The number of rotatable bonds is 8. The number of furan rings is 1. The first-order valence-electron chi connectivity index (χ1n) is 8.47.